The van der Waals surface area contributed by atoms with Crippen LogP contribution in [-0.2, 0) is 14.4 Å². The monoisotopic (exact) mass is 315 g/mol. The average Bonchev–Trinajstić information content (AvgIpc) is 2.53. The van der Waals surface area contributed by atoms with Gasteiger partial charge in [0.05, 0.1) is 6.04 Å². The fourth-order valence-corrected chi connectivity index (χ4v) is 1.97. The Labute approximate surface area is 135 Å². The van der Waals surface area contributed by atoms with Crippen LogP contribution in [0.5, 0.6) is 0 Å². The van der Waals surface area contributed by atoms with Crippen LogP contribution in [0.1, 0.15) is 37.8 Å². The molecule has 0 heterocycles. The highest BCUT2D eigenvalue weighted by molar-refractivity contribution is 5.88. The molecule has 0 aliphatic heterocycles. The summed E-state index contributed by atoms with van der Waals surface area (Å²) >= 11 is 0. The lowest BCUT2D eigenvalue weighted by atomic mass is 10.1. The maximum absolute atomic E-state index is 11.9. The molecule has 2 atom stereocenters. The number of hydrogen-bond acceptors (Lipinski definition) is 3. The quantitative estimate of drug-likeness (QED) is 0.613. The minimum Gasteiger partial charge on any atom is -0.368 e. The number of carbonyl (C=O) groups is 3. The van der Waals surface area contributed by atoms with E-state index in [1.165, 1.54) is 0 Å². The molecule has 0 spiro atoms. The largest absolute Gasteiger partial charge is 0.368 e. The summed E-state index contributed by atoms with van der Waals surface area (Å²) in [4.78, 5) is 34.7. The first kappa shape index (κ1) is 18.2. The molecular formula is C17H21N3O3. The SMILES string of the molecule is C#CC[C@@H](NC(=O)CCC(=O)N[C@H](C)c1ccccc1)C(N)=O. The van der Waals surface area contributed by atoms with Crippen molar-refractivity contribution in [3.63, 3.8) is 0 Å². The van der Waals surface area contributed by atoms with Crippen LogP contribution < -0.4 is 16.4 Å². The van der Waals surface area contributed by atoms with Crippen LogP contribution in [-0.4, -0.2) is 23.8 Å². The van der Waals surface area contributed by atoms with Crippen LogP contribution in [0.25, 0.3) is 0 Å². The first-order chi connectivity index (χ1) is 10.9. The van der Waals surface area contributed by atoms with Gasteiger partial charge in [-0.3, -0.25) is 14.4 Å². The number of terminal acetylenes is 1. The van der Waals surface area contributed by atoms with Crippen molar-refractivity contribution in [2.75, 3.05) is 0 Å². The van der Waals surface area contributed by atoms with E-state index < -0.39 is 17.9 Å². The number of hydrogen-bond donors (Lipinski definition) is 3. The van der Waals surface area contributed by atoms with Gasteiger partial charge < -0.3 is 16.4 Å². The summed E-state index contributed by atoms with van der Waals surface area (Å²) in [5.41, 5.74) is 6.11. The third-order valence-corrected chi connectivity index (χ3v) is 3.26. The molecule has 0 bridgehead atoms. The van der Waals surface area contributed by atoms with Crippen molar-refractivity contribution < 1.29 is 14.4 Å². The number of benzene rings is 1. The summed E-state index contributed by atoms with van der Waals surface area (Å²) in [6.07, 6.45) is 5.11. The van der Waals surface area contributed by atoms with E-state index in [0.29, 0.717) is 0 Å². The van der Waals surface area contributed by atoms with E-state index in [9.17, 15) is 14.4 Å². The molecule has 0 unspecified atom stereocenters. The number of carbonyl (C=O) groups excluding carboxylic acids is 3. The maximum atomic E-state index is 11.9. The molecule has 6 nitrogen and oxygen atoms in total. The lowest BCUT2D eigenvalue weighted by molar-refractivity contribution is -0.129. The van der Waals surface area contributed by atoms with Gasteiger partial charge in [-0.25, -0.2) is 0 Å². The minimum absolute atomic E-state index is 0.0184. The van der Waals surface area contributed by atoms with Gasteiger partial charge in [-0.1, -0.05) is 30.3 Å². The standard InChI is InChI=1S/C17H21N3O3/c1-3-7-14(17(18)23)20-16(22)11-10-15(21)19-12(2)13-8-5-4-6-9-13/h1,4-6,8-9,12,14H,7,10-11H2,2H3,(H2,18,23)(H,19,21)(H,20,22)/t12-,14-/m1/s1. The van der Waals surface area contributed by atoms with Gasteiger partial charge >= 0.3 is 0 Å². The number of amides is 3. The molecular weight excluding hydrogens is 294 g/mol. The predicted octanol–water partition coefficient (Wildman–Crippen LogP) is 0.637. The second kappa shape index (κ2) is 9.26. The van der Waals surface area contributed by atoms with Crippen molar-refractivity contribution in [2.45, 2.75) is 38.3 Å². The summed E-state index contributed by atoms with van der Waals surface area (Å²) in [5, 5.41) is 5.23. The normalized spacial score (nSPS) is 12.5. The van der Waals surface area contributed by atoms with Gasteiger partial charge in [0.25, 0.3) is 0 Å². The van der Waals surface area contributed by atoms with E-state index in [2.05, 4.69) is 16.6 Å². The molecule has 0 fully saturated rings. The molecule has 1 aromatic carbocycles. The molecule has 1 aromatic rings. The topological polar surface area (TPSA) is 101 Å². The van der Waals surface area contributed by atoms with Crippen LogP contribution in [0.2, 0.25) is 0 Å². The summed E-state index contributed by atoms with van der Waals surface area (Å²) in [6, 6.07) is 8.45. The molecule has 1 rings (SSSR count). The van der Waals surface area contributed by atoms with E-state index in [1.54, 1.807) is 0 Å². The zero-order valence-corrected chi connectivity index (χ0v) is 13.0. The summed E-state index contributed by atoms with van der Waals surface area (Å²) in [5.74, 6) is 0.888. The van der Waals surface area contributed by atoms with Crippen LogP contribution in [0.4, 0.5) is 0 Å². The second-order valence-electron chi connectivity index (χ2n) is 5.13. The minimum atomic E-state index is -0.904. The Hall–Kier alpha value is -2.81. The van der Waals surface area contributed by atoms with Gasteiger partial charge in [0, 0.05) is 19.3 Å². The van der Waals surface area contributed by atoms with Crippen LogP contribution in [0.3, 0.4) is 0 Å². The van der Waals surface area contributed by atoms with E-state index in [4.69, 9.17) is 12.2 Å². The van der Waals surface area contributed by atoms with Gasteiger partial charge in [0.2, 0.25) is 17.7 Å². The lowest BCUT2D eigenvalue weighted by Gasteiger charge is -2.15. The molecule has 0 saturated carbocycles. The Morgan fingerprint density at radius 1 is 1.13 bits per heavy atom. The van der Waals surface area contributed by atoms with Gasteiger partial charge in [0.15, 0.2) is 0 Å². The molecule has 23 heavy (non-hydrogen) atoms. The van der Waals surface area contributed by atoms with Crippen molar-refractivity contribution in [1.29, 1.82) is 0 Å². The molecule has 0 aliphatic carbocycles. The molecule has 0 aliphatic rings. The van der Waals surface area contributed by atoms with E-state index >= 15 is 0 Å². The second-order valence-corrected chi connectivity index (χ2v) is 5.13. The average molecular weight is 315 g/mol. The lowest BCUT2D eigenvalue weighted by Crippen LogP contribution is -2.44. The first-order valence-electron chi connectivity index (χ1n) is 7.30. The van der Waals surface area contributed by atoms with Crippen molar-refractivity contribution in [3.05, 3.63) is 35.9 Å². The van der Waals surface area contributed by atoms with E-state index in [0.717, 1.165) is 5.56 Å². The Bertz CT molecular complexity index is 593. The predicted molar refractivity (Wildman–Crippen MR) is 86.8 cm³/mol. The molecule has 0 aromatic heterocycles. The smallest absolute Gasteiger partial charge is 0.240 e. The number of primary amides is 1. The van der Waals surface area contributed by atoms with Gasteiger partial charge in [0.1, 0.15) is 6.04 Å². The van der Waals surface area contributed by atoms with Gasteiger partial charge in [-0.15, -0.1) is 12.3 Å². The molecule has 0 saturated heterocycles. The van der Waals surface area contributed by atoms with Gasteiger partial charge in [-0.05, 0) is 12.5 Å². The summed E-state index contributed by atoms with van der Waals surface area (Å²) in [7, 11) is 0. The van der Waals surface area contributed by atoms with E-state index in [1.807, 2.05) is 37.3 Å². The summed E-state index contributed by atoms with van der Waals surface area (Å²) in [6.45, 7) is 1.86. The third-order valence-electron chi connectivity index (χ3n) is 3.26. The fourth-order valence-electron chi connectivity index (χ4n) is 1.97. The zero-order valence-electron chi connectivity index (χ0n) is 13.0. The number of rotatable bonds is 8. The highest BCUT2D eigenvalue weighted by Gasteiger charge is 2.17. The fraction of sp³-hybridized carbons (Fsp3) is 0.353. The van der Waals surface area contributed by atoms with Gasteiger partial charge in [-0.2, -0.15) is 0 Å². The number of nitrogens with one attached hydrogen (secondary N) is 2. The summed E-state index contributed by atoms with van der Waals surface area (Å²) < 4.78 is 0. The van der Waals surface area contributed by atoms with Crippen molar-refractivity contribution in [2.24, 2.45) is 5.73 Å². The van der Waals surface area contributed by atoms with Crippen LogP contribution in [0, 0.1) is 12.3 Å². The highest BCUT2D eigenvalue weighted by atomic mass is 16.2. The highest BCUT2D eigenvalue weighted by Crippen LogP contribution is 2.11. The zero-order chi connectivity index (χ0) is 17.2. The number of nitrogens with two attached hydrogens (primary N) is 1. The Morgan fingerprint density at radius 3 is 2.22 bits per heavy atom. The van der Waals surface area contributed by atoms with Crippen LogP contribution >= 0.6 is 0 Å². The first-order valence-corrected chi connectivity index (χ1v) is 7.30. The molecule has 6 heteroatoms. The Kier molecular flexibility index (Phi) is 7.34. The Morgan fingerprint density at radius 2 is 1.70 bits per heavy atom. The van der Waals surface area contributed by atoms with Crippen molar-refractivity contribution >= 4 is 17.7 Å². The molecule has 3 amide bonds. The maximum Gasteiger partial charge on any atom is 0.240 e. The van der Waals surface area contributed by atoms with Crippen molar-refractivity contribution in [3.8, 4) is 12.3 Å². The van der Waals surface area contributed by atoms with E-state index in [-0.39, 0.29) is 31.2 Å². The molecule has 0 radical (unpaired) electrons. The molecule has 122 valence electrons. The van der Waals surface area contributed by atoms with Crippen molar-refractivity contribution in [1.82, 2.24) is 10.6 Å². The molecule has 4 N–H and O–H groups in total. The third kappa shape index (κ3) is 6.66. The Balaban J connectivity index is 2.39. The van der Waals surface area contributed by atoms with Crippen LogP contribution in [0.15, 0.2) is 30.3 Å².